The number of benzene rings is 1. The van der Waals surface area contributed by atoms with E-state index in [0.29, 0.717) is 35.3 Å². The van der Waals surface area contributed by atoms with Crippen molar-refractivity contribution in [2.24, 2.45) is 5.73 Å². The molecule has 7 heteroatoms. The monoisotopic (exact) mass is 325 g/mol. The van der Waals surface area contributed by atoms with E-state index in [1.165, 1.54) is 0 Å². The van der Waals surface area contributed by atoms with Crippen LogP contribution in [0, 0.1) is 0 Å². The van der Waals surface area contributed by atoms with Crippen molar-refractivity contribution < 1.29 is 9.53 Å². The molecule has 1 aromatic heterocycles. The number of primary amides is 1. The zero-order valence-corrected chi connectivity index (χ0v) is 12.6. The number of rotatable bonds is 2. The van der Waals surface area contributed by atoms with Crippen LogP contribution in [0.5, 0.6) is 0 Å². The maximum absolute atomic E-state index is 11.3. The van der Waals surface area contributed by atoms with Gasteiger partial charge in [-0.1, -0.05) is 29.3 Å². The van der Waals surface area contributed by atoms with Crippen LogP contribution in [0.3, 0.4) is 0 Å². The number of halogens is 2. The van der Waals surface area contributed by atoms with Gasteiger partial charge in [-0.15, -0.1) is 0 Å². The average molecular weight is 326 g/mol. The molecule has 0 radical (unpaired) electrons. The molecule has 3 rings (SSSR count). The zero-order valence-electron chi connectivity index (χ0n) is 11.1. The van der Waals surface area contributed by atoms with Crippen molar-refractivity contribution in [3.05, 3.63) is 34.3 Å². The van der Waals surface area contributed by atoms with Crippen LogP contribution in [0.25, 0.3) is 10.9 Å². The van der Waals surface area contributed by atoms with Gasteiger partial charge in [-0.05, 0) is 18.2 Å². The van der Waals surface area contributed by atoms with Gasteiger partial charge >= 0.3 is 0 Å². The molecule has 5 nitrogen and oxygen atoms in total. The highest BCUT2D eigenvalue weighted by Gasteiger charge is 2.25. The second kappa shape index (κ2) is 5.67. The smallest absolute Gasteiger partial charge is 0.248 e. The Balaban J connectivity index is 1.97. The summed E-state index contributed by atoms with van der Waals surface area (Å²) in [5.74, 6) is 0.253. The van der Waals surface area contributed by atoms with E-state index in [-0.39, 0.29) is 0 Å². The van der Waals surface area contributed by atoms with Crippen LogP contribution in [0.2, 0.25) is 10.0 Å². The quantitative estimate of drug-likeness (QED) is 0.919. The first-order valence-electron chi connectivity index (χ1n) is 6.47. The third-order valence-corrected chi connectivity index (χ3v) is 4.24. The first-order chi connectivity index (χ1) is 10.1. The molecule has 1 aliphatic heterocycles. The fourth-order valence-corrected chi connectivity index (χ4v) is 2.69. The number of amides is 1. The second-order valence-corrected chi connectivity index (χ2v) is 5.60. The van der Waals surface area contributed by atoms with Gasteiger partial charge in [0.05, 0.1) is 28.7 Å². The zero-order chi connectivity index (χ0) is 15.0. The van der Waals surface area contributed by atoms with Crippen molar-refractivity contribution in [1.82, 2.24) is 4.98 Å². The first kappa shape index (κ1) is 14.4. The summed E-state index contributed by atoms with van der Waals surface area (Å²) in [6.07, 6.45) is -0.619. The third kappa shape index (κ3) is 2.77. The molecule has 1 saturated heterocycles. The molecule has 0 bridgehead atoms. The maximum atomic E-state index is 11.3. The van der Waals surface area contributed by atoms with Crippen molar-refractivity contribution in [1.29, 1.82) is 0 Å². The van der Waals surface area contributed by atoms with Crippen molar-refractivity contribution >= 4 is 45.8 Å². The number of morpholine rings is 1. The van der Waals surface area contributed by atoms with Gasteiger partial charge < -0.3 is 15.4 Å². The van der Waals surface area contributed by atoms with E-state index in [4.69, 9.17) is 33.7 Å². The Bertz CT molecular complexity index is 708. The van der Waals surface area contributed by atoms with Crippen molar-refractivity contribution in [2.75, 3.05) is 24.6 Å². The minimum Gasteiger partial charge on any atom is -0.367 e. The summed E-state index contributed by atoms with van der Waals surface area (Å²) in [5.41, 5.74) is 5.93. The lowest BCUT2D eigenvalue weighted by Crippen LogP contribution is -2.48. The van der Waals surface area contributed by atoms with Gasteiger partial charge in [-0.3, -0.25) is 4.79 Å². The number of aromatic nitrogens is 1. The molecule has 0 spiro atoms. The molecular formula is C14H13Cl2N3O2. The van der Waals surface area contributed by atoms with E-state index in [2.05, 4.69) is 4.98 Å². The molecule has 1 aromatic carbocycles. The van der Waals surface area contributed by atoms with E-state index in [0.717, 1.165) is 11.2 Å². The molecule has 110 valence electrons. The van der Waals surface area contributed by atoms with E-state index in [9.17, 15) is 4.79 Å². The largest absolute Gasteiger partial charge is 0.367 e. The lowest BCUT2D eigenvalue weighted by atomic mass is 10.2. The summed E-state index contributed by atoms with van der Waals surface area (Å²) < 4.78 is 5.33. The minimum absolute atomic E-state index is 0.381. The minimum atomic E-state index is -0.619. The molecule has 0 aliphatic carbocycles. The summed E-state index contributed by atoms with van der Waals surface area (Å²) in [6.45, 7) is 1.45. The average Bonchev–Trinajstić information content (AvgIpc) is 2.51. The molecule has 2 aromatic rings. The van der Waals surface area contributed by atoms with Gasteiger partial charge in [0.25, 0.3) is 0 Å². The van der Waals surface area contributed by atoms with Crippen LogP contribution < -0.4 is 10.6 Å². The summed E-state index contributed by atoms with van der Waals surface area (Å²) in [7, 11) is 0. The van der Waals surface area contributed by atoms with Crippen molar-refractivity contribution in [3.63, 3.8) is 0 Å². The Morgan fingerprint density at radius 3 is 2.86 bits per heavy atom. The normalized spacial score (nSPS) is 19.0. The van der Waals surface area contributed by atoms with Crippen LogP contribution in [-0.2, 0) is 9.53 Å². The Labute approximate surface area is 131 Å². The molecule has 1 atom stereocenters. The highest BCUT2D eigenvalue weighted by Crippen LogP contribution is 2.31. The fraction of sp³-hybridized carbons (Fsp3) is 0.286. The van der Waals surface area contributed by atoms with E-state index >= 15 is 0 Å². The number of pyridine rings is 1. The van der Waals surface area contributed by atoms with Gasteiger partial charge in [-0.2, -0.15) is 0 Å². The van der Waals surface area contributed by atoms with E-state index in [1.807, 2.05) is 23.1 Å². The Morgan fingerprint density at radius 2 is 2.10 bits per heavy atom. The lowest BCUT2D eigenvalue weighted by molar-refractivity contribution is -0.130. The van der Waals surface area contributed by atoms with Crippen LogP contribution >= 0.6 is 23.2 Å². The number of nitrogens with zero attached hydrogens (tertiary/aromatic N) is 2. The topological polar surface area (TPSA) is 68.5 Å². The van der Waals surface area contributed by atoms with Gasteiger partial charge in [0.15, 0.2) is 6.10 Å². The summed E-state index contributed by atoms with van der Waals surface area (Å²) in [5, 5.41) is 1.80. The number of anilines is 1. The standard InChI is InChI=1S/C14H13Cl2N3O2/c15-9-3-1-8-2-4-11(18-13(8)12(9)16)19-5-6-21-10(7-19)14(17)20/h1-4,10H,5-7H2,(H2,17,20). The molecule has 1 amide bonds. The molecule has 21 heavy (non-hydrogen) atoms. The predicted octanol–water partition coefficient (Wildman–Crippen LogP) is 2.23. The highest BCUT2D eigenvalue weighted by molar-refractivity contribution is 6.45. The van der Waals surface area contributed by atoms with Crippen LogP contribution in [0.15, 0.2) is 24.3 Å². The van der Waals surface area contributed by atoms with Crippen molar-refractivity contribution in [3.8, 4) is 0 Å². The Morgan fingerprint density at radius 1 is 1.33 bits per heavy atom. The predicted molar refractivity (Wildman–Crippen MR) is 82.9 cm³/mol. The summed E-state index contributed by atoms with van der Waals surface area (Å²) in [4.78, 5) is 17.8. The van der Waals surface area contributed by atoms with E-state index in [1.54, 1.807) is 6.07 Å². The molecule has 1 fully saturated rings. The molecule has 0 saturated carbocycles. The van der Waals surface area contributed by atoms with Crippen molar-refractivity contribution in [2.45, 2.75) is 6.10 Å². The molecule has 1 aliphatic rings. The summed E-state index contributed by atoms with van der Waals surface area (Å²) in [6, 6.07) is 7.42. The number of carbonyl (C=O) groups is 1. The Kier molecular flexibility index (Phi) is 3.89. The maximum Gasteiger partial charge on any atom is 0.248 e. The highest BCUT2D eigenvalue weighted by atomic mass is 35.5. The van der Waals surface area contributed by atoms with Gasteiger partial charge in [-0.25, -0.2) is 4.98 Å². The summed E-state index contributed by atoms with van der Waals surface area (Å²) >= 11 is 12.2. The number of ether oxygens (including phenoxy) is 1. The lowest BCUT2D eigenvalue weighted by Gasteiger charge is -2.32. The van der Waals surface area contributed by atoms with Gasteiger partial charge in [0.2, 0.25) is 5.91 Å². The fourth-order valence-electron chi connectivity index (χ4n) is 2.32. The number of nitrogens with two attached hydrogens (primary N) is 1. The number of carbonyl (C=O) groups excluding carboxylic acids is 1. The molecule has 2 heterocycles. The number of hydrogen-bond acceptors (Lipinski definition) is 4. The van der Waals surface area contributed by atoms with Crippen LogP contribution in [0.4, 0.5) is 5.82 Å². The van der Waals surface area contributed by atoms with E-state index < -0.39 is 12.0 Å². The van der Waals surface area contributed by atoms with Gasteiger partial charge in [0.1, 0.15) is 5.82 Å². The van der Waals surface area contributed by atoms with Crippen LogP contribution in [0.1, 0.15) is 0 Å². The number of fused-ring (bicyclic) bond motifs is 1. The number of hydrogen-bond donors (Lipinski definition) is 1. The molecular weight excluding hydrogens is 313 g/mol. The third-order valence-electron chi connectivity index (χ3n) is 3.45. The SMILES string of the molecule is NC(=O)C1CN(c2ccc3ccc(Cl)c(Cl)c3n2)CCO1. The van der Waals surface area contributed by atoms with Gasteiger partial charge in [0, 0.05) is 11.9 Å². The van der Waals surface area contributed by atoms with Crippen LogP contribution in [-0.4, -0.2) is 36.7 Å². The molecule has 2 N–H and O–H groups in total. The molecule has 1 unspecified atom stereocenters. The first-order valence-corrected chi connectivity index (χ1v) is 7.22. The Hall–Kier alpha value is -1.56. The second-order valence-electron chi connectivity index (χ2n) is 4.81.